The summed E-state index contributed by atoms with van der Waals surface area (Å²) < 4.78 is 9.49. The molecule has 8 aromatic rings. The minimum absolute atomic E-state index is 0.167. The average molecular weight is 1850 g/mol. The average Bonchev–Trinajstić information content (AvgIpc) is 1.94. The standard InChI is InChI=1S/C7H14N2.C7H8.C6H12N2.3C6H7N.2C5H11N3.C5H10N2.C5H9N.C5H6O.2C5H6S.C4H9N3.C4H5NS.C4H6.C3H8N2.C3H5NO.C3H7N.C3H4.C2H6N2/c1-7(8)9-5-3-2-4-6-9;1-7-5-3-2-4-6-7;1-6(7)8-4-2-3-5-8;1-6-2-4-7-5-3-6;1-6-3-2-4-7-5-6;1-6-4-2-3-5-7-6;2*1-2-6-5-7-3-4-8-5;1-5-6-3-4-7(5)2;2*1-5-3-2-4-6-5;1-5-2-3-6-4-5;1-5-3-2-4-6-5;1-5-4-6-2-3-7-4;1-4-5-2-3-6-4;1-3-4-2;1-3(4)5-2;1-2-5-3-4-1;1-3(2)4;1-3-2;1-2(3)4/h8H,2-6H2,1H3;2-6H,1H3;7H,2-5H2,1H3;3*2-5H,1H3;2*2-4H2,1H3,(H2,6,7,8);3-4H2,1-2H3;2-4H2,1H3;3*2-4H,1H3;2-3H2,1H3,(H2,5,6,7);2-3H,1H3;1-2H3;1-2H3,(H2,4,5);3H,1-2H2;4H,1-2H3;1H,2H3;1H3,(H3,3,4). The number of furan rings is 1. The van der Waals surface area contributed by atoms with Gasteiger partial charge in [-0.15, -0.1) is 46.9 Å². The van der Waals surface area contributed by atoms with Gasteiger partial charge in [-0.05, 0) is 278 Å². The van der Waals surface area contributed by atoms with Crippen LogP contribution in [0.15, 0.2) is 207 Å². The number of piperidine rings is 1. The molecular formula is C99H164N26O2S3. The highest BCUT2D eigenvalue weighted by molar-refractivity contribution is 7.10. The van der Waals surface area contributed by atoms with Crippen LogP contribution in [0.4, 0.5) is 0 Å². The van der Waals surface area contributed by atoms with Gasteiger partial charge in [0, 0.05) is 164 Å². The second kappa shape index (κ2) is 94.7. The summed E-state index contributed by atoms with van der Waals surface area (Å²) in [5.41, 5.74) is 18.0. The SMILES string of the molecule is C#CC.C1=NCCO1.CC#CC.CC(=N)N.CC(=N)N1CCCC1.CC(=N)N1CCCCC1.CC(C)=N.CC1=NCCC1.CC1=NCCN1C.CCNC1=NCCN1.CCNC1=NCCN1.CN=C(C)N.CN=C1NCCN1.Cc1ccccc1.Cc1ccccn1.Cc1cccnc1.Cc1ccco1.Cc1cccs1.Cc1ccncc1.Cc1ccsc1.Cc1nccs1. The van der Waals surface area contributed by atoms with Crippen molar-refractivity contribution in [3.63, 3.8) is 0 Å². The number of ether oxygens (including phenoxy) is 1. The Balaban J connectivity index is -0.000000422. The van der Waals surface area contributed by atoms with Crippen molar-refractivity contribution < 1.29 is 9.15 Å². The molecule has 8 aliphatic rings. The quantitative estimate of drug-likeness (QED) is 0.0434. The maximum atomic E-state index is 7.31. The van der Waals surface area contributed by atoms with E-state index in [0.717, 1.165) is 157 Å². The number of aryl methyl sites for hydroxylation is 8. The maximum Gasteiger partial charge on any atom is 0.191 e. The second-order valence-electron chi connectivity index (χ2n) is 28.5. The first-order valence-corrected chi connectivity index (χ1v) is 46.6. The molecule has 8 aliphatic heterocycles. The molecule has 0 bridgehead atoms. The Morgan fingerprint density at radius 2 is 1.08 bits per heavy atom. The van der Waals surface area contributed by atoms with Gasteiger partial charge in [-0.1, -0.05) is 54.1 Å². The first kappa shape index (κ1) is 127. The summed E-state index contributed by atoms with van der Waals surface area (Å²) in [7, 11) is 5.49. The van der Waals surface area contributed by atoms with E-state index in [-0.39, 0.29) is 5.84 Å². The van der Waals surface area contributed by atoms with Crippen LogP contribution in [0.5, 0.6) is 0 Å². The van der Waals surface area contributed by atoms with Gasteiger partial charge in [-0.2, -0.15) is 11.3 Å². The molecular weight excluding hydrogens is 1680 g/mol. The van der Waals surface area contributed by atoms with Gasteiger partial charge in [0.15, 0.2) is 24.3 Å². The van der Waals surface area contributed by atoms with Gasteiger partial charge >= 0.3 is 0 Å². The topological polar surface area (TPSA) is 390 Å². The highest BCUT2D eigenvalue weighted by Gasteiger charge is 2.11. The normalized spacial score (nSPS) is 13.0. The van der Waals surface area contributed by atoms with Crippen LogP contribution < -0.4 is 43.4 Å². The number of hydrogen-bond donors (Lipinski definition) is 12. The van der Waals surface area contributed by atoms with Crippen LogP contribution in [-0.4, -0.2) is 232 Å². The van der Waals surface area contributed by atoms with Gasteiger partial charge in [0.1, 0.15) is 12.4 Å². The third-order valence-corrected chi connectivity index (χ3v) is 18.1. The number of nitrogens with two attached hydrogens (primary N) is 2. The van der Waals surface area contributed by atoms with Crippen molar-refractivity contribution in [2.24, 2.45) is 46.4 Å². The van der Waals surface area contributed by atoms with Crippen LogP contribution in [0.3, 0.4) is 0 Å². The minimum atomic E-state index is 0.167. The van der Waals surface area contributed by atoms with E-state index in [0.29, 0.717) is 11.5 Å². The molecule has 0 radical (unpaired) electrons. The van der Waals surface area contributed by atoms with Crippen molar-refractivity contribution >= 4 is 98.9 Å². The number of likely N-dealkylation sites (tertiary alicyclic amines) is 2. The molecule has 720 valence electrons. The van der Waals surface area contributed by atoms with Crippen LogP contribution in [0, 0.1) is 101 Å². The Morgan fingerprint density at radius 1 is 0.538 bits per heavy atom. The van der Waals surface area contributed by atoms with Crippen LogP contribution in [0.2, 0.25) is 0 Å². The molecule has 31 heteroatoms. The zero-order valence-electron chi connectivity index (χ0n) is 83.2. The van der Waals surface area contributed by atoms with Gasteiger partial charge in [0.2, 0.25) is 0 Å². The number of nitrogens with one attached hydrogen (secondary N) is 10. The number of pyridine rings is 3. The lowest BCUT2D eigenvalue weighted by Crippen LogP contribution is -2.33. The highest BCUT2D eigenvalue weighted by atomic mass is 32.1. The fourth-order valence-corrected chi connectivity index (χ4v) is 10.7. The third kappa shape index (κ3) is 98.3. The summed E-state index contributed by atoms with van der Waals surface area (Å²) in [5.74, 6) is 14.8. The lowest BCUT2D eigenvalue weighted by molar-refractivity contribution is 0.339. The number of terminal acetylenes is 1. The first-order chi connectivity index (χ1) is 62.3. The summed E-state index contributed by atoms with van der Waals surface area (Å²) in [6, 6.07) is 34.1. The van der Waals surface area contributed by atoms with Crippen molar-refractivity contribution in [1.82, 2.24) is 66.5 Å². The Bertz CT molecular complexity index is 3860. The van der Waals surface area contributed by atoms with Crippen LogP contribution in [-0.2, 0) is 4.74 Å². The molecule has 28 nitrogen and oxygen atoms in total. The van der Waals surface area contributed by atoms with E-state index < -0.39 is 0 Å². The lowest BCUT2D eigenvalue weighted by atomic mass is 10.1. The molecule has 0 unspecified atom stereocenters. The molecule has 0 saturated carbocycles. The van der Waals surface area contributed by atoms with Crippen LogP contribution in [0.25, 0.3) is 0 Å². The van der Waals surface area contributed by atoms with E-state index in [2.05, 4.69) is 225 Å². The third-order valence-electron chi connectivity index (χ3n) is 15.8. The fraction of sp³-hybridized carbons (Fsp3) is 0.485. The van der Waals surface area contributed by atoms with E-state index in [1.807, 2.05) is 154 Å². The zero-order valence-corrected chi connectivity index (χ0v) is 85.7. The number of guanidine groups is 3. The zero-order chi connectivity index (χ0) is 98.3. The van der Waals surface area contributed by atoms with Gasteiger partial charge < -0.3 is 72.6 Å². The van der Waals surface area contributed by atoms with E-state index in [9.17, 15) is 0 Å². The molecule has 0 spiro atoms. The van der Waals surface area contributed by atoms with E-state index in [1.54, 1.807) is 113 Å². The number of aliphatic imine (C=N–C) groups is 7. The van der Waals surface area contributed by atoms with Crippen molar-refractivity contribution in [3.8, 4) is 24.2 Å². The van der Waals surface area contributed by atoms with Gasteiger partial charge in [-0.3, -0.25) is 71.1 Å². The van der Waals surface area contributed by atoms with Crippen LogP contribution >= 0.6 is 34.0 Å². The van der Waals surface area contributed by atoms with Crippen LogP contribution in [0.1, 0.15) is 179 Å². The van der Waals surface area contributed by atoms with Gasteiger partial charge in [0.05, 0.1) is 66.6 Å². The number of amidine groups is 5. The second-order valence-corrected chi connectivity index (χ2v) is 31.5. The highest BCUT2D eigenvalue weighted by Crippen LogP contribution is 2.09. The number of thiophene rings is 2. The van der Waals surface area contributed by atoms with Crippen molar-refractivity contribution in [2.75, 3.05) is 132 Å². The molecule has 0 aliphatic carbocycles. The van der Waals surface area contributed by atoms with E-state index in [1.165, 1.54) is 96.9 Å². The Kier molecular flexibility index (Phi) is 92.2. The van der Waals surface area contributed by atoms with E-state index in [4.69, 9.17) is 37.5 Å². The first-order valence-electron chi connectivity index (χ1n) is 43.9. The smallest absolute Gasteiger partial charge is 0.191 e. The Morgan fingerprint density at radius 3 is 1.27 bits per heavy atom. The molecule has 3 saturated heterocycles. The molecule has 7 aromatic heterocycles. The maximum absolute atomic E-state index is 7.31. The van der Waals surface area contributed by atoms with Crippen molar-refractivity contribution in [3.05, 3.63) is 212 Å². The van der Waals surface area contributed by atoms with Crippen molar-refractivity contribution in [1.29, 1.82) is 21.6 Å². The number of hydrogen-bond acceptors (Lipinski definition) is 25. The van der Waals surface area contributed by atoms with Gasteiger partial charge in [-0.25, -0.2) is 0 Å². The lowest BCUT2D eigenvalue weighted by Gasteiger charge is -2.27. The summed E-state index contributed by atoms with van der Waals surface area (Å²) in [5, 5.41) is 55.1. The Labute approximate surface area is 796 Å². The molecule has 0 amide bonds. The fourth-order valence-electron chi connectivity index (χ4n) is 9.03. The number of rotatable bonds is 2. The number of nitrogens with zero attached hydrogens (tertiary/aromatic N) is 14. The number of likely N-dealkylation sites (N-methyl/N-ethyl adjacent to an activating group) is 1. The van der Waals surface area contributed by atoms with Crippen molar-refractivity contribution in [2.45, 2.75) is 190 Å². The predicted octanol–water partition coefficient (Wildman–Crippen LogP) is 18.4. The summed E-state index contributed by atoms with van der Waals surface area (Å²) in [4.78, 5) is 51.2. The Hall–Kier alpha value is -11.9. The summed E-state index contributed by atoms with van der Waals surface area (Å²) in [6.07, 6.45) is 27.5. The molecule has 16 rings (SSSR count). The molecule has 3 fully saturated rings. The summed E-state index contributed by atoms with van der Waals surface area (Å²) >= 11 is 5.18. The summed E-state index contributed by atoms with van der Waals surface area (Å²) in [6.45, 7) is 57.2. The largest absolute Gasteiger partial charge is 0.482 e. The number of benzene rings is 1. The van der Waals surface area contributed by atoms with Gasteiger partial charge in [0.25, 0.3) is 0 Å². The molecule has 14 N–H and O–H groups in total. The molecule has 15 heterocycles. The predicted molar refractivity (Wildman–Crippen MR) is 568 cm³/mol. The van der Waals surface area contributed by atoms with E-state index >= 15 is 0 Å². The molecule has 130 heavy (non-hydrogen) atoms. The molecule has 0 atom stereocenters. The number of thiazole rings is 1. The monoisotopic (exact) mass is 1850 g/mol. The molecule has 1 aromatic carbocycles. The number of aromatic nitrogens is 4. The minimum Gasteiger partial charge on any atom is -0.482 e.